The number of halogens is 1. The minimum atomic E-state index is -0.323. The van der Waals surface area contributed by atoms with Crippen LogP contribution in [0.5, 0.6) is 0 Å². The fourth-order valence-corrected chi connectivity index (χ4v) is 3.12. The SMILES string of the molecule is O=C(Nc1ccccc1)Nc1ccc(/C=C2\C(=O)Nc3ccc(Cl)cc32)cc1. The number of hydrogen-bond acceptors (Lipinski definition) is 2. The predicted molar refractivity (Wildman–Crippen MR) is 113 cm³/mol. The molecule has 1 heterocycles. The summed E-state index contributed by atoms with van der Waals surface area (Å²) < 4.78 is 0. The average molecular weight is 390 g/mol. The maximum Gasteiger partial charge on any atom is 0.323 e. The summed E-state index contributed by atoms with van der Waals surface area (Å²) in [5, 5.41) is 8.93. The molecule has 3 N–H and O–H groups in total. The second kappa shape index (κ2) is 7.58. The monoisotopic (exact) mass is 389 g/mol. The number of urea groups is 1. The normalized spacial score (nSPS) is 13.8. The molecule has 0 unspecified atom stereocenters. The number of carbonyl (C=O) groups excluding carboxylic acids is 2. The fourth-order valence-electron chi connectivity index (χ4n) is 2.95. The Hall–Kier alpha value is -3.57. The van der Waals surface area contributed by atoms with Crippen LogP contribution in [-0.4, -0.2) is 11.9 Å². The largest absolute Gasteiger partial charge is 0.323 e. The van der Waals surface area contributed by atoms with Gasteiger partial charge in [0.2, 0.25) is 0 Å². The molecule has 28 heavy (non-hydrogen) atoms. The van der Waals surface area contributed by atoms with E-state index in [0.29, 0.717) is 22.0 Å². The number of anilines is 3. The van der Waals surface area contributed by atoms with E-state index in [1.165, 1.54) is 0 Å². The standard InChI is InChI=1S/C22H16ClN3O2/c23-15-8-11-20-18(13-15)19(21(27)26-20)12-14-6-9-17(10-7-14)25-22(28)24-16-4-2-1-3-5-16/h1-13H,(H,26,27)(H2,24,25,28)/b19-12-. The molecule has 0 saturated heterocycles. The van der Waals surface area contributed by atoms with Gasteiger partial charge < -0.3 is 16.0 Å². The molecular weight excluding hydrogens is 374 g/mol. The summed E-state index contributed by atoms with van der Waals surface area (Å²) in [7, 11) is 0. The van der Waals surface area contributed by atoms with E-state index in [9.17, 15) is 9.59 Å². The quantitative estimate of drug-likeness (QED) is 0.519. The van der Waals surface area contributed by atoms with E-state index >= 15 is 0 Å². The Kier molecular flexibility index (Phi) is 4.83. The molecule has 1 aliphatic heterocycles. The van der Waals surface area contributed by atoms with Crippen LogP contribution >= 0.6 is 11.6 Å². The molecule has 0 aromatic heterocycles. The molecule has 0 saturated carbocycles. The van der Waals surface area contributed by atoms with Gasteiger partial charge in [-0.1, -0.05) is 41.9 Å². The van der Waals surface area contributed by atoms with Gasteiger partial charge in [-0.05, 0) is 54.1 Å². The molecule has 0 fully saturated rings. The van der Waals surface area contributed by atoms with Crippen molar-refractivity contribution in [3.63, 3.8) is 0 Å². The third-order valence-corrected chi connectivity index (χ3v) is 4.51. The van der Waals surface area contributed by atoms with E-state index in [4.69, 9.17) is 11.6 Å². The summed E-state index contributed by atoms with van der Waals surface area (Å²) in [6.07, 6.45) is 1.80. The predicted octanol–water partition coefficient (Wildman–Crippen LogP) is 5.48. The van der Waals surface area contributed by atoms with Gasteiger partial charge in [-0.3, -0.25) is 4.79 Å². The van der Waals surface area contributed by atoms with E-state index in [1.54, 1.807) is 36.4 Å². The highest BCUT2D eigenvalue weighted by Gasteiger charge is 2.24. The lowest BCUT2D eigenvalue weighted by molar-refractivity contribution is -0.110. The lowest BCUT2D eigenvalue weighted by atomic mass is 10.0. The van der Waals surface area contributed by atoms with Gasteiger partial charge in [0.05, 0.1) is 0 Å². The van der Waals surface area contributed by atoms with Crippen LogP contribution in [0, 0.1) is 0 Å². The highest BCUT2D eigenvalue weighted by Crippen LogP contribution is 2.35. The summed E-state index contributed by atoms with van der Waals surface area (Å²) in [5.74, 6) is -0.165. The number of amides is 3. The lowest BCUT2D eigenvalue weighted by Gasteiger charge is -2.08. The first-order valence-electron chi connectivity index (χ1n) is 8.64. The topological polar surface area (TPSA) is 70.2 Å². The van der Waals surface area contributed by atoms with Crippen LogP contribution in [0.1, 0.15) is 11.1 Å². The van der Waals surface area contributed by atoms with Crippen molar-refractivity contribution >= 4 is 52.3 Å². The minimum absolute atomic E-state index is 0.165. The summed E-state index contributed by atoms with van der Waals surface area (Å²) in [4.78, 5) is 24.3. The van der Waals surface area contributed by atoms with E-state index in [1.807, 2.05) is 42.5 Å². The Balaban J connectivity index is 1.48. The molecule has 3 aromatic carbocycles. The zero-order valence-electron chi connectivity index (χ0n) is 14.7. The van der Waals surface area contributed by atoms with E-state index in [2.05, 4.69) is 16.0 Å². The molecule has 0 atom stereocenters. The third-order valence-electron chi connectivity index (χ3n) is 4.28. The van der Waals surface area contributed by atoms with Crippen molar-refractivity contribution in [1.82, 2.24) is 0 Å². The van der Waals surface area contributed by atoms with Crippen molar-refractivity contribution in [3.8, 4) is 0 Å². The first kappa shape index (κ1) is 17.8. The average Bonchev–Trinajstić information content (AvgIpc) is 2.99. The van der Waals surface area contributed by atoms with Crippen LogP contribution in [0.4, 0.5) is 21.9 Å². The molecule has 3 aromatic rings. The molecule has 5 nitrogen and oxygen atoms in total. The van der Waals surface area contributed by atoms with Crippen molar-refractivity contribution in [2.75, 3.05) is 16.0 Å². The van der Waals surface area contributed by atoms with Crippen LogP contribution in [-0.2, 0) is 4.79 Å². The third kappa shape index (κ3) is 3.89. The van der Waals surface area contributed by atoms with Gasteiger partial charge in [-0.25, -0.2) is 4.79 Å². The number of carbonyl (C=O) groups is 2. The molecule has 3 amide bonds. The number of para-hydroxylation sites is 1. The number of benzene rings is 3. The van der Waals surface area contributed by atoms with Gasteiger partial charge in [-0.2, -0.15) is 0 Å². The zero-order chi connectivity index (χ0) is 19.5. The fraction of sp³-hybridized carbons (Fsp3) is 0. The molecule has 1 aliphatic rings. The van der Waals surface area contributed by atoms with Gasteiger partial charge in [-0.15, -0.1) is 0 Å². The summed E-state index contributed by atoms with van der Waals surface area (Å²) >= 11 is 6.05. The smallest absolute Gasteiger partial charge is 0.321 e. The van der Waals surface area contributed by atoms with Gasteiger partial charge in [0, 0.05) is 33.2 Å². The van der Waals surface area contributed by atoms with Crippen molar-refractivity contribution in [1.29, 1.82) is 0 Å². The maximum absolute atomic E-state index is 12.2. The molecule has 0 aliphatic carbocycles. The number of hydrogen-bond donors (Lipinski definition) is 3. The Bertz CT molecular complexity index is 1080. The van der Waals surface area contributed by atoms with Crippen LogP contribution in [0.25, 0.3) is 11.6 Å². The number of fused-ring (bicyclic) bond motifs is 1. The van der Waals surface area contributed by atoms with E-state index < -0.39 is 0 Å². The number of nitrogens with one attached hydrogen (secondary N) is 3. The summed E-state index contributed by atoms with van der Waals surface area (Å²) in [6.45, 7) is 0. The Morgan fingerprint density at radius 1 is 0.893 bits per heavy atom. The summed E-state index contributed by atoms with van der Waals surface area (Å²) in [5.41, 5.74) is 4.28. The van der Waals surface area contributed by atoms with Crippen molar-refractivity contribution in [2.45, 2.75) is 0 Å². The van der Waals surface area contributed by atoms with Crippen molar-refractivity contribution < 1.29 is 9.59 Å². The first-order chi connectivity index (χ1) is 13.6. The molecule has 6 heteroatoms. The minimum Gasteiger partial charge on any atom is -0.321 e. The van der Waals surface area contributed by atoms with Crippen LogP contribution < -0.4 is 16.0 Å². The first-order valence-corrected chi connectivity index (χ1v) is 9.02. The van der Waals surface area contributed by atoms with E-state index in [0.717, 1.165) is 16.8 Å². The van der Waals surface area contributed by atoms with Gasteiger partial charge in [0.15, 0.2) is 0 Å². The van der Waals surface area contributed by atoms with Crippen molar-refractivity contribution in [2.24, 2.45) is 0 Å². The molecule has 138 valence electrons. The molecule has 0 radical (unpaired) electrons. The van der Waals surface area contributed by atoms with Crippen LogP contribution in [0.3, 0.4) is 0 Å². The highest BCUT2D eigenvalue weighted by atomic mass is 35.5. The molecular formula is C22H16ClN3O2. The van der Waals surface area contributed by atoms with Crippen molar-refractivity contribution in [3.05, 3.63) is 88.9 Å². The lowest BCUT2D eigenvalue weighted by Crippen LogP contribution is -2.19. The van der Waals surface area contributed by atoms with Gasteiger partial charge in [0.25, 0.3) is 5.91 Å². The van der Waals surface area contributed by atoms with Gasteiger partial charge in [0.1, 0.15) is 0 Å². The van der Waals surface area contributed by atoms with Crippen LogP contribution in [0.2, 0.25) is 5.02 Å². The Labute approximate surface area is 167 Å². The summed E-state index contributed by atoms with van der Waals surface area (Å²) in [6, 6.07) is 21.4. The molecule has 4 rings (SSSR count). The Morgan fingerprint density at radius 2 is 1.57 bits per heavy atom. The highest BCUT2D eigenvalue weighted by molar-refractivity contribution is 6.36. The zero-order valence-corrected chi connectivity index (χ0v) is 15.5. The second-order valence-electron chi connectivity index (χ2n) is 6.27. The maximum atomic E-state index is 12.2. The second-order valence-corrected chi connectivity index (χ2v) is 6.71. The van der Waals surface area contributed by atoms with E-state index in [-0.39, 0.29) is 11.9 Å². The molecule has 0 bridgehead atoms. The number of rotatable bonds is 3. The van der Waals surface area contributed by atoms with Crippen LogP contribution in [0.15, 0.2) is 72.8 Å². The Morgan fingerprint density at radius 3 is 2.29 bits per heavy atom. The molecule has 0 spiro atoms. The van der Waals surface area contributed by atoms with Gasteiger partial charge >= 0.3 is 6.03 Å².